The average molecular weight is 256 g/mol. The largest absolute Gasteiger partial charge is 0.368 e. The van der Waals surface area contributed by atoms with Crippen molar-refractivity contribution in [3.63, 3.8) is 0 Å². The zero-order valence-electron chi connectivity index (χ0n) is 11.0. The van der Waals surface area contributed by atoms with Gasteiger partial charge >= 0.3 is 0 Å². The molecule has 0 amide bonds. The summed E-state index contributed by atoms with van der Waals surface area (Å²) in [7, 11) is 0. The number of hydrogen-bond donors (Lipinski definition) is 1. The van der Waals surface area contributed by atoms with Gasteiger partial charge in [-0.15, -0.1) is 0 Å². The van der Waals surface area contributed by atoms with Crippen molar-refractivity contribution in [2.24, 2.45) is 0 Å². The van der Waals surface area contributed by atoms with E-state index in [-0.39, 0.29) is 0 Å². The first-order valence-electron chi connectivity index (χ1n) is 6.72. The molecule has 0 bridgehead atoms. The van der Waals surface area contributed by atoms with Crippen molar-refractivity contribution in [2.45, 2.75) is 25.6 Å². The van der Waals surface area contributed by atoms with E-state index in [1.807, 2.05) is 36.4 Å². The molecule has 1 N–H and O–H groups in total. The van der Waals surface area contributed by atoms with Gasteiger partial charge in [-0.25, -0.2) is 0 Å². The Morgan fingerprint density at radius 3 is 1.89 bits per heavy atom. The molecular formula is C17H20O2. The van der Waals surface area contributed by atoms with E-state index >= 15 is 0 Å². The lowest BCUT2D eigenvalue weighted by Crippen LogP contribution is -2.14. The lowest BCUT2D eigenvalue weighted by Gasteiger charge is -2.12. The van der Waals surface area contributed by atoms with Crippen LogP contribution in [0.2, 0.25) is 0 Å². The summed E-state index contributed by atoms with van der Waals surface area (Å²) in [5, 5.41) is 9.77. The van der Waals surface area contributed by atoms with Gasteiger partial charge in [0.25, 0.3) is 0 Å². The lowest BCUT2D eigenvalue weighted by atomic mass is 10.1. The molecule has 0 saturated heterocycles. The van der Waals surface area contributed by atoms with E-state index in [2.05, 4.69) is 24.3 Å². The maximum Gasteiger partial charge on any atom is 0.154 e. The van der Waals surface area contributed by atoms with E-state index in [9.17, 15) is 5.11 Å². The molecule has 1 unspecified atom stereocenters. The Labute approximate surface area is 114 Å². The SMILES string of the molecule is OC(CCc1ccccc1)OCCc1ccccc1. The van der Waals surface area contributed by atoms with Crippen LogP contribution in [0.1, 0.15) is 17.5 Å². The van der Waals surface area contributed by atoms with Crippen LogP contribution in [-0.4, -0.2) is 18.0 Å². The highest BCUT2D eigenvalue weighted by Crippen LogP contribution is 2.07. The minimum absolute atomic E-state index is 0.556. The molecular weight excluding hydrogens is 236 g/mol. The Hall–Kier alpha value is -1.64. The first kappa shape index (κ1) is 13.8. The van der Waals surface area contributed by atoms with Crippen LogP contribution in [0.25, 0.3) is 0 Å². The molecule has 0 fully saturated rings. The summed E-state index contributed by atoms with van der Waals surface area (Å²) in [5.41, 5.74) is 2.46. The van der Waals surface area contributed by atoms with E-state index in [4.69, 9.17) is 4.74 Å². The van der Waals surface area contributed by atoms with Crippen molar-refractivity contribution in [2.75, 3.05) is 6.61 Å². The Kier molecular flexibility index (Phi) is 5.60. The highest BCUT2D eigenvalue weighted by molar-refractivity contribution is 5.15. The number of aliphatic hydroxyl groups is 1. The quantitative estimate of drug-likeness (QED) is 0.771. The van der Waals surface area contributed by atoms with Gasteiger partial charge in [0, 0.05) is 6.42 Å². The van der Waals surface area contributed by atoms with Crippen LogP contribution in [0.4, 0.5) is 0 Å². The van der Waals surface area contributed by atoms with Gasteiger partial charge < -0.3 is 9.84 Å². The Morgan fingerprint density at radius 1 is 0.789 bits per heavy atom. The minimum atomic E-state index is -0.677. The first-order valence-corrected chi connectivity index (χ1v) is 6.72. The fourth-order valence-electron chi connectivity index (χ4n) is 1.98. The monoisotopic (exact) mass is 256 g/mol. The molecule has 0 aliphatic carbocycles. The van der Waals surface area contributed by atoms with E-state index in [0.717, 1.165) is 12.8 Å². The Bertz CT molecular complexity index is 453. The molecule has 2 aromatic carbocycles. The standard InChI is InChI=1S/C17H20O2/c18-17(12-11-15-7-3-1-4-8-15)19-14-13-16-9-5-2-6-10-16/h1-10,17-18H,11-14H2. The van der Waals surface area contributed by atoms with Gasteiger partial charge in [-0.3, -0.25) is 0 Å². The molecule has 2 rings (SSSR count). The summed E-state index contributed by atoms with van der Waals surface area (Å²) in [6.45, 7) is 0.556. The molecule has 0 aliphatic heterocycles. The number of aryl methyl sites for hydroxylation is 1. The zero-order valence-corrected chi connectivity index (χ0v) is 11.0. The van der Waals surface area contributed by atoms with Gasteiger partial charge in [0.05, 0.1) is 6.61 Å². The van der Waals surface area contributed by atoms with E-state index in [1.54, 1.807) is 0 Å². The van der Waals surface area contributed by atoms with Crippen molar-refractivity contribution in [1.29, 1.82) is 0 Å². The van der Waals surface area contributed by atoms with Crippen LogP contribution in [0, 0.1) is 0 Å². The molecule has 2 heteroatoms. The Morgan fingerprint density at radius 2 is 1.32 bits per heavy atom. The van der Waals surface area contributed by atoms with Crippen molar-refractivity contribution >= 4 is 0 Å². The molecule has 0 spiro atoms. The summed E-state index contributed by atoms with van der Waals surface area (Å²) in [4.78, 5) is 0. The maximum absolute atomic E-state index is 9.77. The maximum atomic E-state index is 9.77. The highest BCUT2D eigenvalue weighted by atomic mass is 16.6. The highest BCUT2D eigenvalue weighted by Gasteiger charge is 2.04. The molecule has 0 aliphatic rings. The third kappa shape index (κ3) is 5.25. The van der Waals surface area contributed by atoms with Crippen molar-refractivity contribution in [3.05, 3.63) is 71.8 Å². The topological polar surface area (TPSA) is 29.5 Å². The first-order chi connectivity index (χ1) is 9.34. The molecule has 2 nitrogen and oxygen atoms in total. The minimum Gasteiger partial charge on any atom is -0.368 e. The molecule has 0 saturated carbocycles. The molecule has 0 radical (unpaired) electrons. The van der Waals surface area contributed by atoms with E-state index < -0.39 is 6.29 Å². The van der Waals surface area contributed by atoms with Crippen LogP contribution >= 0.6 is 0 Å². The lowest BCUT2D eigenvalue weighted by molar-refractivity contribution is -0.101. The van der Waals surface area contributed by atoms with Crippen LogP contribution in [0.3, 0.4) is 0 Å². The summed E-state index contributed by atoms with van der Waals surface area (Å²) in [6, 6.07) is 20.3. The fourth-order valence-corrected chi connectivity index (χ4v) is 1.98. The van der Waals surface area contributed by atoms with Crippen LogP contribution in [0.5, 0.6) is 0 Å². The van der Waals surface area contributed by atoms with Gasteiger partial charge in [-0.1, -0.05) is 60.7 Å². The average Bonchev–Trinajstić information content (AvgIpc) is 2.47. The number of rotatable bonds is 7. The van der Waals surface area contributed by atoms with Crippen molar-refractivity contribution in [3.8, 4) is 0 Å². The second kappa shape index (κ2) is 7.72. The molecule has 0 heterocycles. The number of aliphatic hydroxyl groups excluding tert-OH is 1. The van der Waals surface area contributed by atoms with Crippen LogP contribution in [-0.2, 0) is 17.6 Å². The normalized spacial score (nSPS) is 12.3. The predicted octanol–water partition coefficient (Wildman–Crippen LogP) is 3.20. The van der Waals surface area contributed by atoms with Gasteiger partial charge in [-0.05, 0) is 24.0 Å². The number of ether oxygens (including phenoxy) is 1. The second-order valence-electron chi connectivity index (χ2n) is 4.59. The van der Waals surface area contributed by atoms with E-state index in [0.29, 0.717) is 13.0 Å². The van der Waals surface area contributed by atoms with Gasteiger partial charge in [0.1, 0.15) is 0 Å². The van der Waals surface area contributed by atoms with E-state index in [1.165, 1.54) is 11.1 Å². The van der Waals surface area contributed by atoms with Crippen molar-refractivity contribution in [1.82, 2.24) is 0 Å². The summed E-state index contributed by atoms with van der Waals surface area (Å²) in [5.74, 6) is 0. The predicted molar refractivity (Wildman–Crippen MR) is 76.9 cm³/mol. The smallest absolute Gasteiger partial charge is 0.154 e. The Balaban J connectivity index is 1.64. The van der Waals surface area contributed by atoms with Crippen LogP contribution in [0.15, 0.2) is 60.7 Å². The summed E-state index contributed by atoms with van der Waals surface area (Å²) >= 11 is 0. The van der Waals surface area contributed by atoms with Gasteiger partial charge in [-0.2, -0.15) is 0 Å². The summed E-state index contributed by atoms with van der Waals surface area (Å²) in [6.07, 6.45) is 1.64. The number of benzene rings is 2. The second-order valence-corrected chi connectivity index (χ2v) is 4.59. The molecule has 100 valence electrons. The third-order valence-electron chi connectivity index (χ3n) is 3.07. The van der Waals surface area contributed by atoms with Crippen LogP contribution < -0.4 is 0 Å². The molecule has 0 aromatic heterocycles. The van der Waals surface area contributed by atoms with Crippen molar-refractivity contribution < 1.29 is 9.84 Å². The third-order valence-corrected chi connectivity index (χ3v) is 3.07. The molecule has 19 heavy (non-hydrogen) atoms. The summed E-state index contributed by atoms with van der Waals surface area (Å²) < 4.78 is 5.42. The molecule has 1 atom stereocenters. The molecule has 2 aromatic rings. The fraction of sp³-hybridized carbons (Fsp3) is 0.294. The van der Waals surface area contributed by atoms with Gasteiger partial charge in [0.15, 0.2) is 6.29 Å². The number of hydrogen-bond acceptors (Lipinski definition) is 2. The zero-order chi connectivity index (χ0) is 13.3. The van der Waals surface area contributed by atoms with Gasteiger partial charge in [0.2, 0.25) is 0 Å².